The van der Waals surface area contributed by atoms with Crippen molar-refractivity contribution in [2.75, 3.05) is 13.2 Å². The van der Waals surface area contributed by atoms with Crippen LogP contribution in [-0.2, 0) is 9.47 Å². The highest BCUT2D eigenvalue weighted by Crippen LogP contribution is 2.58. The fourth-order valence-corrected chi connectivity index (χ4v) is 7.74. The van der Waals surface area contributed by atoms with E-state index in [1.807, 2.05) is 0 Å². The second-order valence-corrected chi connectivity index (χ2v) is 14.1. The third kappa shape index (κ3) is 6.90. The third-order valence-corrected chi connectivity index (χ3v) is 10.7. The zero-order valence-electron chi connectivity index (χ0n) is 29.4. The molecule has 16 heteroatoms. The SMILES string of the molecule is OC[C@H]1O[C@@H](c2c(O)cc([C@H]3c4c(C=Cc5ccc(O)cc5)cc(O)c([C@@H]5O[C@H](CO)[C@@H](O)[C@H](O)[C@H]5O)c4O[C@@H]3c3ccc(O)cc3)cc2O)[C@H](O)[C@@H](O)[C@@H]1O. The van der Waals surface area contributed by atoms with Crippen molar-refractivity contribution >= 4 is 12.2 Å². The summed E-state index contributed by atoms with van der Waals surface area (Å²) in [6.07, 6.45) is -14.3. The van der Waals surface area contributed by atoms with Crippen LogP contribution in [0.5, 0.6) is 34.5 Å². The predicted molar refractivity (Wildman–Crippen MR) is 194 cm³/mol. The zero-order chi connectivity index (χ0) is 40.2. The van der Waals surface area contributed by atoms with E-state index in [1.165, 1.54) is 42.5 Å². The van der Waals surface area contributed by atoms with Gasteiger partial charge in [0.25, 0.3) is 0 Å². The molecular formula is C40H42O16. The van der Waals surface area contributed by atoms with Crippen molar-refractivity contribution in [3.05, 3.63) is 106 Å². The number of aliphatic hydroxyl groups is 8. The fourth-order valence-electron chi connectivity index (χ4n) is 7.74. The molecule has 3 aliphatic rings. The van der Waals surface area contributed by atoms with Crippen molar-refractivity contribution in [3.63, 3.8) is 0 Å². The summed E-state index contributed by atoms with van der Waals surface area (Å²) in [5, 5.41) is 138. The molecule has 56 heavy (non-hydrogen) atoms. The highest BCUT2D eigenvalue weighted by atomic mass is 16.6. The van der Waals surface area contributed by atoms with Crippen LogP contribution in [0.1, 0.15) is 63.2 Å². The Morgan fingerprint density at radius 1 is 0.482 bits per heavy atom. The quantitative estimate of drug-likeness (QED) is 0.110. The van der Waals surface area contributed by atoms with E-state index in [9.17, 15) is 66.4 Å². The van der Waals surface area contributed by atoms with Gasteiger partial charge in [-0.05, 0) is 64.7 Å². The number of phenols is 5. The number of phenolic OH excluding ortho intramolecular Hbond substituents is 5. The summed E-state index contributed by atoms with van der Waals surface area (Å²) in [7, 11) is 0. The highest BCUT2D eigenvalue weighted by molar-refractivity contribution is 5.77. The van der Waals surface area contributed by atoms with Crippen LogP contribution in [0.4, 0.5) is 0 Å². The molecule has 0 spiro atoms. The first-order valence-electron chi connectivity index (χ1n) is 17.7. The summed E-state index contributed by atoms with van der Waals surface area (Å²) < 4.78 is 18.1. The number of rotatable bonds is 8. The van der Waals surface area contributed by atoms with E-state index >= 15 is 0 Å². The third-order valence-electron chi connectivity index (χ3n) is 10.7. The van der Waals surface area contributed by atoms with Gasteiger partial charge in [-0.25, -0.2) is 0 Å². The Bertz CT molecular complexity index is 2040. The van der Waals surface area contributed by atoms with E-state index in [0.29, 0.717) is 22.3 Å². The minimum Gasteiger partial charge on any atom is -0.508 e. The zero-order valence-corrected chi connectivity index (χ0v) is 29.4. The maximum atomic E-state index is 11.6. The Kier molecular flexibility index (Phi) is 10.9. The van der Waals surface area contributed by atoms with Crippen LogP contribution in [0.15, 0.2) is 66.7 Å². The van der Waals surface area contributed by atoms with Crippen molar-refractivity contribution in [2.24, 2.45) is 0 Å². The summed E-state index contributed by atoms with van der Waals surface area (Å²) in [5.74, 6) is -2.79. The van der Waals surface area contributed by atoms with Gasteiger partial charge in [0.15, 0.2) is 0 Å². The molecule has 4 aromatic carbocycles. The van der Waals surface area contributed by atoms with Crippen molar-refractivity contribution in [2.45, 2.75) is 73.1 Å². The van der Waals surface area contributed by atoms with Crippen LogP contribution >= 0.6 is 0 Å². The lowest BCUT2D eigenvalue weighted by Crippen LogP contribution is -2.55. The molecule has 3 heterocycles. The summed E-state index contributed by atoms with van der Waals surface area (Å²) >= 11 is 0. The number of benzene rings is 4. The van der Waals surface area contributed by atoms with Crippen LogP contribution in [-0.4, -0.2) is 128 Å². The van der Waals surface area contributed by atoms with E-state index in [1.54, 1.807) is 36.4 Å². The number of aromatic hydroxyl groups is 5. The summed E-state index contributed by atoms with van der Waals surface area (Å²) in [4.78, 5) is 0. The second kappa shape index (κ2) is 15.5. The van der Waals surface area contributed by atoms with E-state index in [0.717, 1.165) is 0 Å². The first-order valence-corrected chi connectivity index (χ1v) is 17.7. The Morgan fingerprint density at radius 2 is 0.964 bits per heavy atom. The molecule has 12 atom stereocenters. The van der Waals surface area contributed by atoms with E-state index < -0.39 is 104 Å². The Labute approximate surface area is 318 Å². The van der Waals surface area contributed by atoms with Crippen LogP contribution in [0.3, 0.4) is 0 Å². The fraction of sp³-hybridized carbons (Fsp3) is 0.350. The molecule has 2 saturated heterocycles. The van der Waals surface area contributed by atoms with Crippen molar-refractivity contribution in [3.8, 4) is 34.5 Å². The van der Waals surface area contributed by atoms with Gasteiger partial charge in [-0.1, -0.05) is 36.4 Å². The van der Waals surface area contributed by atoms with Crippen molar-refractivity contribution in [1.29, 1.82) is 0 Å². The first kappa shape index (κ1) is 39.3. The number of aliphatic hydroxyl groups excluding tert-OH is 8. The molecule has 4 aromatic rings. The molecule has 0 radical (unpaired) electrons. The lowest BCUT2D eigenvalue weighted by atomic mass is 9.80. The first-order chi connectivity index (χ1) is 26.7. The van der Waals surface area contributed by atoms with Crippen molar-refractivity contribution in [1.82, 2.24) is 0 Å². The monoisotopic (exact) mass is 778 g/mol. The summed E-state index contributed by atoms with van der Waals surface area (Å²) in [5.41, 5.74) is 1.40. The normalized spacial score (nSPS) is 31.6. The predicted octanol–water partition coefficient (Wildman–Crippen LogP) is 0.680. The smallest absolute Gasteiger partial charge is 0.135 e. The van der Waals surface area contributed by atoms with Gasteiger partial charge in [0.1, 0.15) is 102 Å². The summed E-state index contributed by atoms with van der Waals surface area (Å²) in [6.45, 7) is -1.51. The number of fused-ring (bicyclic) bond motifs is 1. The average molecular weight is 779 g/mol. The van der Waals surface area contributed by atoms with Gasteiger partial charge < -0.3 is 80.6 Å². The Morgan fingerprint density at radius 3 is 1.48 bits per heavy atom. The molecular weight excluding hydrogens is 736 g/mol. The molecule has 16 nitrogen and oxygen atoms in total. The van der Waals surface area contributed by atoms with Crippen LogP contribution < -0.4 is 4.74 Å². The van der Waals surface area contributed by atoms with E-state index in [2.05, 4.69) is 0 Å². The maximum Gasteiger partial charge on any atom is 0.135 e. The molecule has 0 aliphatic carbocycles. The van der Waals surface area contributed by atoms with Crippen LogP contribution in [0.25, 0.3) is 12.2 Å². The topological polar surface area (TPSA) is 291 Å². The van der Waals surface area contributed by atoms with Crippen LogP contribution in [0, 0.1) is 0 Å². The number of hydrogen-bond donors (Lipinski definition) is 13. The van der Waals surface area contributed by atoms with Gasteiger partial charge in [-0.2, -0.15) is 0 Å². The minimum absolute atomic E-state index is 0.0292. The second-order valence-electron chi connectivity index (χ2n) is 14.1. The molecule has 0 unspecified atom stereocenters. The molecule has 13 N–H and O–H groups in total. The van der Waals surface area contributed by atoms with Gasteiger partial charge >= 0.3 is 0 Å². The number of ether oxygens (including phenoxy) is 3. The molecule has 2 fully saturated rings. The minimum atomic E-state index is -1.84. The van der Waals surface area contributed by atoms with Gasteiger partial charge in [-0.15, -0.1) is 0 Å². The van der Waals surface area contributed by atoms with Gasteiger partial charge in [0, 0.05) is 5.56 Å². The Balaban J connectivity index is 1.44. The highest BCUT2D eigenvalue weighted by Gasteiger charge is 2.50. The lowest BCUT2D eigenvalue weighted by Gasteiger charge is -2.40. The standard InChI is InChI=1S/C40H42O16/c41-14-25-31(48)33(50)35(52)39(54-25)29-22(45)12-19(13-23(29)46)28-27-18(4-1-16-2-7-20(43)8-3-16)11-24(47)30(40-36(53)34(51)32(49)26(15-42)55-40)38(27)56-37(28)17-5-9-21(44)10-6-17/h1-13,25-26,28,31-37,39-53H,14-15H2/t25-,26-,28+,31-,32-,33+,34+,35-,36-,37-,39+,40+/m1/s1. The van der Waals surface area contributed by atoms with E-state index in [4.69, 9.17) is 14.2 Å². The lowest BCUT2D eigenvalue weighted by molar-refractivity contribution is -0.232. The average Bonchev–Trinajstić information content (AvgIpc) is 3.57. The number of hydrogen-bond acceptors (Lipinski definition) is 16. The Hall–Kier alpha value is -4.98. The molecule has 298 valence electrons. The van der Waals surface area contributed by atoms with Crippen molar-refractivity contribution < 1.29 is 80.6 Å². The van der Waals surface area contributed by atoms with Gasteiger partial charge in [0.2, 0.25) is 0 Å². The molecule has 0 bridgehead atoms. The molecule has 7 rings (SSSR count). The maximum absolute atomic E-state index is 11.6. The summed E-state index contributed by atoms with van der Waals surface area (Å²) in [6, 6.07) is 16.0. The molecule has 0 amide bonds. The molecule has 3 aliphatic heterocycles. The molecule has 0 aromatic heterocycles. The largest absolute Gasteiger partial charge is 0.508 e. The van der Waals surface area contributed by atoms with Gasteiger partial charge in [0.05, 0.1) is 30.3 Å². The van der Waals surface area contributed by atoms with Gasteiger partial charge in [-0.3, -0.25) is 0 Å². The molecule has 0 saturated carbocycles. The van der Waals surface area contributed by atoms with Crippen LogP contribution in [0.2, 0.25) is 0 Å². The van der Waals surface area contributed by atoms with E-state index in [-0.39, 0.29) is 33.9 Å².